The number of carbonyl (C=O) groups is 2. The largest absolute Gasteiger partial charge is 0.456 e. The second-order valence-electron chi connectivity index (χ2n) is 7.49. The summed E-state index contributed by atoms with van der Waals surface area (Å²) in [5.41, 5.74) is 0. The molecule has 0 saturated heterocycles. The Morgan fingerprint density at radius 2 is 0.667 bits per heavy atom. The minimum atomic E-state index is -0.768. The zero-order chi connectivity index (χ0) is 26.4. The second-order valence-corrected chi connectivity index (χ2v) is 7.49. The van der Waals surface area contributed by atoms with Crippen LogP contribution in [0.5, 0.6) is 0 Å². The van der Waals surface area contributed by atoms with Gasteiger partial charge in [0.25, 0.3) is 0 Å². The molecule has 10 heteroatoms. The molecule has 0 aromatic heterocycles. The van der Waals surface area contributed by atoms with E-state index in [0.29, 0.717) is 65.7 Å². The van der Waals surface area contributed by atoms with Crippen molar-refractivity contribution in [3.8, 4) is 11.8 Å². The van der Waals surface area contributed by atoms with E-state index in [1.807, 2.05) is 13.8 Å². The highest BCUT2D eigenvalue weighted by molar-refractivity contribution is 5.98. The maximum Gasteiger partial charge on any atom is 0.384 e. The van der Waals surface area contributed by atoms with E-state index < -0.39 is 11.9 Å². The molecule has 36 heavy (non-hydrogen) atoms. The van der Waals surface area contributed by atoms with Gasteiger partial charge in [-0.3, -0.25) is 0 Å². The normalized spacial score (nSPS) is 10.6. The second kappa shape index (κ2) is 29.5. The molecule has 0 radical (unpaired) electrons. The van der Waals surface area contributed by atoms with E-state index in [4.69, 9.17) is 37.9 Å². The molecule has 10 nitrogen and oxygen atoms in total. The molecule has 0 aliphatic heterocycles. The van der Waals surface area contributed by atoms with Gasteiger partial charge in [0.05, 0.1) is 13.2 Å². The average Bonchev–Trinajstić information content (AvgIpc) is 2.88. The first kappa shape index (κ1) is 34.3. The Bertz CT molecular complexity index is 513. The van der Waals surface area contributed by atoms with Crippen molar-refractivity contribution in [1.29, 1.82) is 0 Å². The van der Waals surface area contributed by atoms with Crippen LogP contribution < -0.4 is 0 Å². The van der Waals surface area contributed by atoms with E-state index in [9.17, 15) is 9.59 Å². The molecule has 0 heterocycles. The summed E-state index contributed by atoms with van der Waals surface area (Å²) in [5, 5.41) is 0. The maximum atomic E-state index is 11.5. The summed E-state index contributed by atoms with van der Waals surface area (Å²) in [5.74, 6) is 2.70. The van der Waals surface area contributed by atoms with E-state index >= 15 is 0 Å². The molecular weight excluding hydrogens is 472 g/mol. The van der Waals surface area contributed by atoms with Gasteiger partial charge in [0.1, 0.15) is 0 Å². The van der Waals surface area contributed by atoms with Crippen LogP contribution in [0, 0.1) is 11.8 Å². The van der Waals surface area contributed by atoms with Crippen LogP contribution in [-0.2, 0) is 47.5 Å². The molecule has 0 aliphatic rings. The highest BCUT2D eigenvalue weighted by Gasteiger charge is 2.01. The van der Waals surface area contributed by atoms with Crippen molar-refractivity contribution >= 4 is 11.9 Å². The number of carbonyl (C=O) groups excluding carboxylic acids is 2. The molecule has 0 aliphatic carbocycles. The maximum absolute atomic E-state index is 11.5. The van der Waals surface area contributed by atoms with Gasteiger partial charge < -0.3 is 37.9 Å². The fourth-order valence-electron chi connectivity index (χ4n) is 2.58. The minimum Gasteiger partial charge on any atom is -0.456 e. The van der Waals surface area contributed by atoms with Gasteiger partial charge in [0, 0.05) is 104 Å². The summed E-state index contributed by atoms with van der Waals surface area (Å²) in [6.07, 6.45) is 4.49. The third-order valence-electron chi connectivity index (χ3n) is 4.32. The molecule has 0 saturated carbocycles. The van der Waals surface area contributed by atoms with Crippen LogP contribution in [0.15, 0.2) is 0 Å². The highest BCUT2D eigenvalue weighted by Crippen LogP contribution is 1.93. The Labute approximate surface area is 216 Å². The quantitative estimate of drug-likeness (QED) is 0.0734. The summed E-state index contributed by atoms with van der Waals surface area (Å²) in [6, 6.07) is 0. The van der Waals surface area contributed by atoms with Crippen molar-refractivity contribution in [2.75, 3.05) is 92.5 Å². The summed E-state index contributed by atoms with van der Waals surface area (Å²) in [4.78, 5) is 23.1. The number of rotatable bonds is 26. The molecule has 0 aromatic carbocycles. The SMILES string of the molecule is CCOCCCOCCCOCCCOC(=O)C#CC(=O)OCCCOCCCOCCCOCC. The molecule has 0 atom stereocenters. The zero-order valence-electron chi connectivity index (χ0n) is 22.2. The molecule has 0 bridgehead atoms. The van der Waals surface area contributed by atoms with E-state index in [-0.39, 0.29) is 13.2 Å². The standard InChI is InChI=1S/C26H46O10/c1-3-29-13-5-15-31-17-7-19-33-21-9-23-35-25(27)11-12-26(28)36-24-10-22-34-20-8-18-32-16-6-14-30-4-2/h3-10,13-24H2,1-2H3. The summed E-state index contributed by atoms with van der Waals surface area (Å²) >= 11 is 0. The third kappa shape index (κ3) is 28.5. The predicted molar refractivity (Wildman–Crippen MR) is 134 cm³/mol. The van der Waals surface area contributed by atoms with E-state index in [1.54, 1.807) is 0 Å². The predicted octanol–water partition coefficient (Wildman–Crippen LogP) is 2.56. The molecule has 0 aromatic rings. The van der Waals surface area contributed by atoms with E-state index in [1.165, 1.54) is 0 Å². The average molecular weight is 519 g/mol. The Morgan fingerprint density at radius 3 is 0.944 bits per heavy atom. The zero-order valence-corrected chi connectivity index (χ0v) is 22.2. The molecule has 0 fully saturated rings. The van der Waals surface area contributed by atoms with Crippen LogP contribution in [0.3, 0.4) is 0 Å². The smallest absolute Gasteiger partial charge is 0.384 e. The van der Waals surface area contributed by atoms with Gasteiger partial charge in [-0.05, 0) is 39.5 Å². The summed E-state index contributed by atoms with van der Waals surface area (Å²) in [6.45, 7) is 12.0. The highest BCUT2D eigenvalue weighted by atomic mass is 16.5. The molecule has 0 amide bonds. The van der Waals surface area contributed by atoms with Crippen LogP contribution in [0.1, 0.15) is 52.4 Å². The lowest BCUT2D eigenvalue weighted by molar-refractivity contribution is -0.139. The van der Waals surface area contributed by atoms with Gasteiger partial charge in [0.2, 0.25) is 0 Å². The van der Waals surface area contributed by atoms with Gasteiger partial charge in [-0.15, -0.1) is 0 Å². The lowest BCUT2D eigenvalue weighted by atomic mass is 10.4. The van der Waals surface area contributed by atoms with Crippen molar-refractivity contribution in [3.63, 3.8) is 0 Å². The van der Waals surface area contributed by atoms with E-state index in [2.05, 4.69) is 11.8 Å². The lowest BCUT2D eigenvalue weighted by Crippen LogP contribution is -2.09. The topological polar surface area (TPSA) is 108 Å². The Morgan fingerprint density at radius 1 is 0.417 bits per heavy atom. The molecular formula is C26H46O10. The van der Waals surface area contributed by atoms with Gasteiger partial charge in [-0.25, -0.2) is 9.59 Å². The molecule has 0 N–H and O–H groups in total. The van der Waals surface area contributed by atoms with Crippen LogP contribution in [0.25, 0.3) is 0 Å². The van der Waals surface area contributed by atoms with Crippen molar-refractivity contribution in [1.82, 2.24) is 0 Å². The Hall–Kier alpha value is -1.74. The van der Waals surface area contributed by atoms with Crippen molar-refractivity contribution in [2.45, 2.75) is 52.4 Å². The Balaban J connectivity index is 3.40. The molecule has 0 unspecified atom stereocenters. The Kier molecular flexibility index (Phi) is 28.1. The monoisotopic (exact) mass is 518 g/mol. The van der Waals surface area contributed by atoms with Crippen molar-refractivity contribution in [2.24, 2.45) is 0 Å². The summed E-state index contributed by atoms with van der Waals surface area (Å²) in [7, 11) is 0. The minimum absolute atomic E-state index is 0.173. The number of esters is 2. The molecule has 0 spiro atoms. The molecule has 0 rings (SSSR count). The van der Waals surface area contributed by atoms with Crippen LogP contribution in [0.2, 0.25) is 0 Å². The fourth-order valence-corrected chi connectivity index (χ4v) is 2.58. The number of hydrogen-bond donors (Lipinski definition) is 0. The first-order chi connectivity index (χ1) is 17.7. The first-order valence-corrected chi connectivity index (χ1v) is 13.0. The van der Waals surface area contributed by atoms with Gasteiger partial charge in [0.15, 0.2) is 0 Å². The van der Waals surface area contributed by atoms with Crippen molar-refractivity contribution in [3.05, 3.63) is 0 Å². The third-order valence-corrected chi connectivity index (χ3v) is 4.32. The lowest BCUT2D eigenvalue weighted by Gasteiger charge is -2.06. The van der Waals surface area contributed by atoms with Gasteiger partial charge in [-0.2, -0.15) is 0 Å². The summed E-state index contributed by atoms with van der Waals surface area (Å²) < 4.78 is 42.1. The van der Waals surface area contributed by atoms with Gasteiger partial charge in [-0.1, -0.05) is 0 Å². The van der Waals surface area contributed by atoms with Crippen LogP contribution in [0.4, 0.5) is 0 Å². The van der Waals surface area contributed by atoms with Crippen LogP contribution >= 0.6 is 0 Å². The molecule has 210 valence electrons. The number of ether oxygens (including phenoxy) is 8. The van der Waals surface area contributed by atoms with Crippen molar-refractivity contribution < 1.29 is 47.5 Å². The first-order valence-electron chi connectivity index (χ1n) is 13.0. The fraction of sp³-hybridized carbons (Fsp3) is 0.846. The van der Waals surface area contributed by atoms with Gasteiger partial charge >= 0.3 is 11.9 Å². The van der Waals surface area contributed by atoms with E-state index in [0.717, 1.165) is 52.1 Å². The number of hydrogen-bond acceptors (Lipinski definition) is 10. The van der Waals surface area contributed by atoms with Crippen LogP contribution in [-0.4, -0.2) is 104 Å².